The van der Waals surface area contributed by atoms with Crippen molar-refractivity contribution in [2.45, 2.75) is 19.0 Å². The maximum Gasteiger partial charge on any atom is 0.126 e. The van der Waals surface area contributed by atoms with Crippen LogP contribution < -0.4 is 0 Å². The topological polar surface area (TPSA) is 3.01 Å². The number of benzene rings is 1. The van der Waals surface area contributed by atoms with Gasteiger partial charge >= 0.3 is 0 Å². The summed E-state index contributed by atoms with van der Waals surface area (Å²) >= 11 is 0. The quantitative estimate of drug-likeness (QED) is 0.604. The molecule has 70 valence electrons. The van der Waals surface area contributed by atoms with E-state index in [1.54, 1.807) is 0 Å². The van der Waals surface area contributed by atoms with Crippen LogP contribution in [-0.4, -0.2) is 18.0 Å². The van der Waals surface area contributed by atoms with Gasteiger partial charge in [-0.15, -0.1) is 0 Å². The Bertz CT molecular complexity index is 309. The largest absolute Gasteiger partial charge is 0.293 e. The summed E-state index contributed by atoms with van der Waals surface area (Å²) in [5, 5.41) is 0. The molecule has 0 bridgehead atoms. The van der Waals surface area contributed by atoms with Crippen LogP contribution in [0.15, 0.2) is 18.2 Å². The molecule has 1 aromatic carbocycles. The lowest BCUT2D eigenvalue weighted by molar-refractivity contribution is 0.568. The van der Waals surface area contributed by atoms with E-state index in [0.717, 1.165) is 11.6 Å². The second-order valence-corrected chi connectivity index (χ2v) is 3.55. The summed E-state index contributed by atoms with van der Waals surface area (Å²) in [6.07, 6.45) is 0. The van der Waals surface area contributed by atoms with Crippen LogP contribution in [0.2, 0.25) is 0 Å². The van der Waals surface area contributed by atoms with Crippen LogP contribution in [0.5, 0.6) is 0 Å². The lowest BCUT2D eigenvalue weighted by Crippen LogP contribution is -1.90. The summed E-state index contributed by atoms with van der Waals surface area (Å²) in [7, 11) is 1.94. The fourth-order valence-electron chi connectivity index (χ4n) is 1.75. The van der Waals surface area contributed by atoms with Gasteiger partial charge in [0, 0.05) is 12.1 Å². The van der Waals surface area contributed by atoms with E-state index in [0.29, 0.717) is 6.04 Å². The highest BCUT2D eigenvalue weighted by Gasteiger charge is 2.41. The Kier molecular flexibility index (Phi) is 1.84. The van der Waals surface area contributed by atoms with Crippen LogP contribution in [-0.2, 0) is 0 Å². The molecule has 2 rings (SSSR count). The van der Waals surface area contributed by atoms with Crippen molar-refractivity contribution in [2.75, 3.05) is 7.05 Å². The van der Waals surface area contributed by atoms with Gasteiger partial charge in [0.25, 0.3) is 0 Å². The van der Waals surface area contributed by atoms with E-state index in [-0.39, 0.29) is 6.04 Å². The van der Waals surface area contributed by atoms with E-state index in [9.17, 15) is 8.78 Å². The van der Waals surface area contributed by atoms with Crippen LogP contribution in [0.25, 0.3) is 0 Å². The molecule has 1 aliphatic rings. The van der Waals surface area contributed by atoms with Crippen molar-refractivity contribution >= 4 is 0 Å². The van der Waals surface area contributed by atoms with Gasteiger partial charge in [-0.25, -0.2) is 8.78 Å². The molecule has 0 amide bonds. The minimum atomic E-state index is -0.498. The molecule has 0 aromatic heterocycles. The lowest BCUT2D eigenvalue weighted by Gasteiger charge is -1.99. The highest BCUT2D eigenvalue weighted by Crippen LogP contribution is 2.40. The Labute approximate surface area is 76.0 Å². The summed E-state index contributed by atoms with van der Waals surface area (Å²) < 4.78 is 25.6. The second-order valence-electron chi connectivity index (χ2n) is 3.55. The van der Waals surface area contributed by atoms with Crippen molar-refractivity contribution < 1.29 is 8.78 Å². The molecule has 0 spiro atoms. The molecule has 0 aliphatic carbocycles. The Morgan fingerprint density at radius 3 is 2.00 bits per heavy atom. The molecule has 1 aliphatic heterocycles. The predicted molar refractivity (Wildman–Crippen MR) is 46.3 cm³/mol. The minimum absolute atomic E-state index is 0.185. The van der Waals surface area contributed by atoms with Crippen LogP contribution in [0, 0.1) is 11.6 Å². The summed E-state index contributed by atoms with van der Waals surface area (Å²) in [4.78, 5) is 2.06. The zero-order valence-corrected chi connectivity index (χ0v) is 7.59. The van der Waals surface area contributed by atoms with Crippen molar-refractivity contribution in [1.29, 1.82) is 0 Å². The zero-order valence-electron chi connectivity index (χ0n) is 7.59. The second kappa shape index (κ2) is 2.77. The van der Waals surface area contributed by atoms with Crippen LogP contribution in [0.4, 0.5) is 8.78 Å². The fourth-order valence-corrected chi connectivity index (χ4v) is 1.75. The monoisotopic (exact) mass is 183 g/mol. The SMILES string of the molecule is C[C@@H]1C(c2cc(F)cc(F)c2)[N@]1C. The van der Waals surface area contributed by atoms with Gasteiger partial charge in [-0.3, -0.25) is 4.90 Å². The first kappa shape index (κ1) is 8.63. The molecule has 0 N–H and O–H groups in total. The predicted octanol–water partition coefficient (Wildman–Crippen LogP) is 2.34. The van der Waals surface area contributed by atoms with Gasteiger partial charge in [-0.05, 0) is 31.7 Å². The van der Waals surface area contributed by atoms with Crippen molar-refractivity contribution in [1.82, 2.24) is 4.90 Å². The standard InChI is InChI=1S/C10H11F2N/c1-6-10(13(6)2)7-3-8(11)5-9(12)4-7/h3-6,10H,1-2H3/t6-,10?,13-/m1/s1. The smallest absolute Gasteiger partial charge is 0.126 e. The van der Waals surface area contributed by atoms with Gasteiger partial charge in [-0.2, -0.15) is 0 Å². The molecule has 1 saturated heterocycles. The third kappa shape index (κ3) is 1.44. The Hall–Kier alpha value is -0.960. The van der Waals surface area contributed by atoms with Gasteiger partial charge in [0.1, 0.15) is 11.6 Å². The molecule has 1 fully saturated rings. The van der Waals surface area contributed by atoms with Crippen molar-refractivity contribution in [3.05, 3.63) is 35.4 Å². The highest BCUT2D eigenvalue weighted by atomic mass is 19.1. The normalized spacial score (nSPS) is 31.8. The number of nitrogens with zero attached hydrogens (tertiary/aromatic N) is 1. The molecule has 3 atom stereocenters. The zero-order chi connectivity index (χ0) is 9.59. The summed E-state index contributed by atoms with van der Waals surface area (Å²) in [6.45, 7) is 2.04. The van der Waals surface area contributed by atoms with E-state index in [1.165, 1.54) is 12.1 Å². The minimum Gasteiger partial charge on any atom is -0.293 e. The first-order chi connectivity index (χ1) is 6.09. The Balaban J connectivity index is 2.31. The summed E-state index contributed by atoms with van der Waals surface area (Å²) in [5.74, 6) is -0.995. The van der Waals surface area contributed by atoms with Gasteiger partial charge < -0.3 is 0 Å². The first-order valence-electron chi connectivity index (χ1n) is 4.27. The van der Waals surface area contributed by atoms with Crippen molar-refractivity contribution in [3.63, 3.8) is 0 Å². The lowest BCUT2D eigenvalue weighted by atomic mass is 10.1. The maximum atomic E-state index is 12.8. The molecule has 13 heavy (non-hydrogen) atoms. The van der Waals surface area contributed by atoms with E-state index in [1.807, 2.05) is 14.0 Å². The molecule has 0 radical (unpaired) electrons. The third-order valence-corrected chi connectivity index (χ3v) is 2.67. The average molecular weight is 183 g/mol. The molecule has 3 heteroatoms. The Morgan fingerprint density at radius 1 is 1.15 bits per heavy atom. The molecule has 1 nitrogen and oxygen atoms in total. The van der Waals surface area contributed by atoms with Crippen molar-refractivity contribution in [2.24, 2.45) is 0 Å². The first-order valence-corrected chi connectivity index (χ1v) is 4.27. The average Bonchev–Trinajstić information content (AvgIpc) is 2.57. The molecule has 0 saturated carbocycles. The fraction of sp³-hybridized carbons (Fsp3) is 0.400. The number of rotatable bonds is 1. The number of hydrogen-bond donors (Lipinski definition) is 0. The van der Waals surface area contributed by atoms with Gasteiger partial charge in [0.2, 0.25) is 0 Å². The maximum absolute atomic E-state index is 12.8. The molecule has 1 aromatic rings. The van der Waals surface area contributed by atoms with Gasteiger partial charge in [0.05, 0.1) is 6.04 Å². The number of hydrogen-bond acceptors (Lipinski definition) is 1. The summed E-state index contributed by atoms with van der Waals surface area (Å²) in [6, 6.07) is 4.27. The number of halogens is 2. The molecule has 1 unspecified atom stereocenters. The van der Waals surface area contributed by atoms with Gasteiger partial charge in [-0.1, -0.05) is 0 Å². The van der Waals surface area contributed by atoms with Crippen molar-refractivity contribution in [3.8, 4) is 0 Å². The third-order valence-electron chi connectivity index (χ3n) is 2.67. The van der Waals surface area contributed by atoms with E-state index in [4.69, 9.17) is 0 Å². The molecular formula is C10H11F2N. The van der Waals surface area contributed by atoms with E-state index in [2.05, 4.69) is 4.90 Å². The van der Waals surface area contributed by atoms with Crippen LogP contribution in [0.3, 0.4) is 0 Å². The Morgan fingerprint density at radius 2 is 1.62 bits per heavy atom. The van der Waals surface area contributed by atoms with Gasteiger partial charge in [0.15, 0.2) is 0 Å². The van der Waals surface area contributed by atoms with E-state index >= 15 is 0 Å². The number of likely N-dealkylation sites (N-methyl/N-ethyl adjacent to an activating group) is 1. The summed E-state index contributed by atoms with van der Waals surface area (Å²) in [5.41, 5.74) is 0.729. The van der Waals surface area contributed by atoms with E-state index < -0.39 is 11.6 Å². The molecule has 1 heterocycles. The highest BCUT2D eigenvalue weighted by molar-refractivity contribution is 5.27. The van der Waals surface area contributed by atoms with Crippen LogP contribution >= 0.6 is 0 Å². The molecular weight excluding hydrogens is 172 g/mol. The van der Waals surface area contributed by atoms with Crippen LogP contribution in [0.1, 0.15) is 18.5 Å².